The van der Waals surface area contributed by atoms with E-state index >= 15 is 0 Å². The van der Waals surface area contributed by atoms with Crippen LogP contribution < -0.4 is 5.32 Å². The zero-order valence-corrected chi connectivity index (χ0v) is 18.8. The van der Waals surface area contributed by atoms with E-state index in [1.54, 1.807) is 12.4 Å². The predicted octanol–water partition coefficient (Wildman–Crippen LogP) is 5.74. The Hall–Kier alpha value is -1.94. The van der Waals surface area contributed by atoms with Gasteiger partial charge in [-0.05, 0) is 79.4 Å². The zero-order chi connectivity index (χ0) is 20.7. The molecule has 1 saturated heterocycles. The molecule has 30 heavy (non-hydrogen) atoms. The predicted molar refractivity (Wildman–Crippen MR) is 123 cm³/mol. The van der Waals surface area contributed by atoms with E-state index < -0.39 is 0 Å². The Balaban J connectivity index is 1.33. The summed E-state index contributed by atoms with van der Waals surface area (Å²) in [5, 5.41) is 3.55. The van der Waals surface area contributed by atoms with Crippen LogP contribution in [0.15, 0.2) is 30.6 Å². The minimum absolute atomic E-state index is 0.705. The number of nitrogens with zero attached hydrogens (tertiary/aromatic N) is 3. The van der Waals surface area contributed by atoms with Crippen LogP contribution >= 0.6 is 0 Å². The summed E-state index contributed by atoms with van der Waals surface area (Å²) in [5.41, 5.74) is 5.57. The number of nitrogens with one attached hydrogen (secondary N) is 1. The van der Waals surface area contributed by atoms with Gasteiger partial charge in [-0.3, -0.25) is 9.88 Å². The first kappa shape index (κ1) is 20.0. The minimum Gasteiger partial charge on any atom is -0.338 e. The first-order valence-electron chi connectivity index (χ1n) is 12.0. The first-order chi connectivity index (χ1) is 14.6. The largest absolute Gasteiger partial charge is 0.338 e. The second kappa shape index (κ2) is 7.96. The fourth-order valence-corrected chi connectivity index (χ4v) is 6.86. The summed E-state index contributed by atoms with van der Waals surface area (Å²) in [5.74, 6) is 3.67. The standard InChI is InChI=1S/C26H36N4/c1-4-21-9-8-20(12-24(21)29-25-19(3)27-10-11-28-25)15-30-16-22-6-5-7-23(17-30)26(22)13-18(2)14-26/h8-12,18,22-23H,4-7,13-17H2,1-3H3,(H,28,29). The molecule has 4 nitrogen and oxygen atoms in total. The second-order valence-corrected chi connectivity index (χ2v) is 10.2. The van der Waals surface area contributed by atoms with E-state index in [0.717, 1.165) is 42.2 Å². The van der Waals surface area contributed by atoms with Gasteiger partial charge in [-0.1, -0.05) is 32.4 Å². The highest BCUT2D eigenvalue weighted by Crippen LogP contribution is 2.62. The van der Waals surface area contributed by atoms with Gasteiger partial charge < -0.3 is 5.32 Å². The van der Waals surface area contributed by atoms with Crippen LogP contribution in [0.3, 0.4) is 0 Å². The summed E-state index contributed by atoms with van der Waals surface area (Å²) in [6.07, 6.45) is 11.9. The molecule has 2 aromatic rings. The highest BCUT2D eigenvalue weighted by molar-refractivity contribution is 5.62. The van der Waals surface area contributed by atoms with E-state index in [2.05, 4.69) is 52.2 Å². The molecule has 1 aromatic heterocycles. The summed E-state index contributed by atoms with van der Waals surface area (Å²) in [6, 6.07) is 6.97. The number of benzene rings is 1. The highest BCUT2D eigenvalue weighted by atomic mass is 15.1. The molecule has 2 aliphatic carbocycles. The van der Waals surface area contributed by atoms with E-state index in [4.69, 9.17) is 0 Å². The van der Waals surface area contributed by atoms with Crippen LogP contribution in [0, 0.1) is 30.1 Å². The molecule has 0 amide bonds. The van der Waals surface area contributed by atoms with Crippen molar-refractivity contribution in [2.45, 2.75) is 65.8 Å². The van der Waals surface area contributed by atoms with Crippen molar-refractivity contribution in [3.63, 3.8) is 0 Å². The molecule has 2 bridgehead atoms. The molecule has 2 saturated carbocycles. The van der Waals surface area contributed by atoms with Crippen molar-refractivity contribution in [2.24, 2.45) is 23.2 Å². The third-order valence-corrected chi connectivity index (χ3v) is 8.24. The topological polar surface area (TPSA) is 41.0 Å². The molecule has 1 aliphatic heterocycles. The summed E-state index contributed by atoms with van der Waals surface area (Å²) in [4.78, 5) is 11.6. The van der Waals surface area contributed by atoms with Gasteiger partial charge in [0.1, 0.15) is 0 Å². The van der Waals surface area contributed by atoms with Gasteiger partial charge in [0.05, 0.1) is 5.69 Å². The number of rotatable bonds is 5. The molecule has 1 spiro atoms. The van der Waals surface area contributed by atoms with Gasteiger partial charge in [-0.2, -0.15) is 0 Å². The molecule has 0 radical (unpaired) electrons. The average molecular weight is 405 g/mol. The smallest absolute Gasteiger partial charge is 0.151 e. The summed E-state index contributed by atoms with van der Waals surface area (Å²) in [7, 11) is 0. The van der Waals surface area contributed by atoms with Gasteiger partial charge in [0.25, 0.3) is 0 Å². The van der Waals surface area contributed by atoms with Crippen molar-refractivity contribution in [1.29, 1.82) is 0 Å². The summed E-state index contributed by atoms with van der Waals surface area (Å²) in [6.45, 7) is 10.3. The molecule has 2 unspecified atom stereocenters. The second-order valence-electron chi connectivity index (χ2n) is 10.2. The molecular formula is C26H36N4. The van der Waals surface area contributed by atoms with Crippen LogP contribution in [0.4, 0.5) is 11.5 Å². The third kappa shape index (κ3) is 3.53. The molecular weight excluding hydrogens is 368 g/mol. The van der Waals surface area contributed by atoms with E-state index in [1.165, 1.54) is 62.0 Å². The molecule has 2 heterocycles. The van der Waals surface area contributed by atoms with E-state index in [9.17, 15) is 0 Å². The molecule has 1 aromatic carbocycles. The average Bonchev–Trinajstić information content (AvgIpc) is 2.69. The molecule has 2 atom stereocenters. The van der Waals surface area contributed by atoms with Crippen LogP contribution in [0.5, 0.6) is 0 Å². The highest BCUT2D eigenvalue weighted by Gasteiger charge is 2.56. The van der Waals surface area contributed by atoms with Crippen molar-refractivity contribution in [2.75, 3.05) is 18.4 Å². The third-order valence-electron chi connectivity index (χ3n) is 8.24. The zero-order valence-electron chi connectivity index (χ0n) is 18.8. The lowest BCUT2D eigenvalue weighted by molar-refractivity contribution is -0.137. The number of hydrogen-bond donors (Lipinski definition) is 1. The van der Waals surface area contributed by atoms with Crippen molar-refractivity contribution >= 4 is 11.5 Å². The van der Waals surface area contributed by atoms with E-state index in [0.29, 0.717) is 5.41 Å². The van der Waals surface area contributed by atoms with Crippen LogP contribution in [0.2, 0.25) is 0 Å². The van der Waals surface area contributed by atoms with Gasteiger partial charge >= 0.3 is 0 Å². The van der Waals surface area contributed by atoms with Crippen LogP contribution in [0.1, 0.15) is 62.8 Å². The Kier molecular flexibility index (Phi) is 5.30. The van der Waals surface area contributed by atoms with Crippen LogP contribution in [-0.4, -0.2) is 28.0 Å². The van der Waals surface area contributed by atoms with Gasteiger partial charge in [0.15, 0.2) is 5.82 Å². The van der Waals surface area contributed by atoms with E-state index in [1.807, 2.05) is 6.92 Å². The maximum Gasteiger partial charge on any atom is 0.151 e. The first-order valence-corrected chi connectivity index (χ1v) is 12.0. The molecule has 160 valence electrons. The maximum atomic E-state index is 4.49. The number of aromatic nitrogens is 2. The fourth-order valence-electron chi connectivity index (χ4n) is 6.86. The summed E-state index contributed by atoms with van der Waals surface area (Å²) >= 11 is 0. The molecule has 3 aliphatic rings. The maximum absolute atomic E-state index is 4.49. The van der Waals surface area contributed by atoms with Gasteiger partial charge in [-0.25, -0.2) is 4.98 Å². The molecule has 4 heteroatoms. The number of aryl methyl sites for hydroxylation is 2. The lowest BCUT2D eigenvalue weighted by atomic mass is 9.46. The quantitative estimate of drug-likeness (QED) is 0.690. The normalized spacial score (nSPS) is 30.8. The van der Waals surface area contributed by atoms with Gasteiger partial charge in [0.2, 0.25) is 0 Å². The molecule has 3 fully saturated rings. The van der Waals surface area contributed by atoms with Crippen LogP contribution in [0.25, 0.3) is 0 Å². The lowest BCUT2D eigenvalue weighted by Gasteiger charge is -2.63. The lowest BCUT2D eigenvalue weighted by Crippen LogP contribution is -2.60. The van der Waals surface area contributed by atoms with Crippen LogP contribution in [-0.2, 0) is 13.0 Å². The monoisotopic (exact) mass is 404 g/mol. The number of piperidine rings is 1. The van der Waals surface area contributed by atoms with Gasteiger partial charge in [0, 0.05) is 37.7 Å². The van der Waals surface area contributed by atoms with E-state index in [-0.39, 0.29) is 0 Å². The number of anilines is 2. The Morgan fingerprint density at radius 3 is 2.50 bits per heavy atom. The Labute approximate surface area is 181 Å². The summed E-state index contributed by atoms with van der Waals surface area (Å²) < 4.78 is 0. The SMILES string of the molecule is CCc1ccc(CN2CC3CCCC(C2)C32CC(C)C2)cc1Nc1nccnc1C. The van der Waals surface area contributed by atoms with Crippen molar-refractivity contribution in [1.82, 2.24) is 14.9 Å². The Morgan fingerprint density at radius 1 is 1.10 bits per heavy atom. The minimum atomic E-state index is 0.705. The van der Waals surface area contributed by atoms with Crippen molar-refractivity contribution < 1.29 is 0 Å². The number of hydrogen-bond acceptors (Lipinski definition) is 4. The molecule has 5 rings (SSSR count). The fraction of sp³-hybridized carbons (Fsp3) is 0.615. The molecule has 1 N–H and O–H groups in total. The Bertz CT molecular complexity index is 886. The van der Waals surface area contributed by atoms with Gasteiger partial charge in [-0.15, -0.1) is 0 Å². The van der Waals surface area contributed by atoms with Crippen molar-refractivity contribution in [3.05, 3.63) is 47.4 Å². The number of likely N-dealkylation sites (tertiary alicyclic amines) is 1. The Morgan fingerprint density at radius 2 is 1.83 bits per heavy atom. The van der Waals surface area contributed by atoms with Crippen molar-refractivity contribution in [3.8, 4) is 0 Å².